The fourth-order valence-corrected chi connectivity index (χ4v) is 3.77. The van der Waals surface area contributed by atoms with Gasteiger partial charge in [-0.1, -0.05) is 24.3 Å². The number of carbonyl (C=O) groups is 2. The van der Waals surface area contributed by atoms with Crippen LogP contribution in [0.25, 0.3) is 27.8 Å². The standard InChI is InChI=1S/C27H30N6O3/c1-32(2)14-13-28-27(35)31-21-10-7-19(8-11-21)20-9-12-24-25(15-20)33(18-29-24)23-6-4-5-22(16-23)30-26(34)17-36-3/h4-12,15-16,18H,13-14,17H2,1-3H3,(H,30,34)(H2,28,31,35). The predicted molar refractivity (Wildman–Crippen MR) is 143 cm³/mol. The third-order valence-corrected chi connectivity index (χ3v) is 5.55. The van der Waals surface area contributed by atoms with Gasteiger partial charge in [-0.3, -0.25) is 9.36 Å². The van der Waals surface area contributed by atoms with Gasteiger partial charge in [0.15, 0.2) is 0 Å². The van der Waals surface area contributed by atoms with E-state index in [1.165, 1.54) is 7.11 Å². The molecule has 0 saturated carbocycles. The molecule has 1 aromatic heterocycles. The summed E-state index contributed by atoms with van der Waals surface area (Å²) in [6.45, 7) is 1.35. The number of imidazole rings is 1. The minimum Gasteiger partial charge on any atom is -0.375 e. The molecule has 0 fully saturated rings. The number of hydrogen-bond acceptors (Lipinski definition) is 5. The number of nitrogens with one attached hydrogen (secondary N) is 3. The summed E-state index contributed by atoms with van der Waals surface area (Å²) in [5, 5.41) is 8.53. The first-order valence-electron chi connectivity index (χ1n) is 11.6. The van der Waals surface area contributed by atoms with Gasteiger partial charge in [0.1, 0.15) is 12.9 Å². The maximum absolute atomic E-state index is 12.1. The van der Waals surface area contributed by atoms with Crippen molar-refractivity contribution < 1.29 is 14.3 Å². The van der Waals surface area contributed by atoms with Crippen LogP contribution in [0.2, 0.25) is 0 Å². The molecule has 0 radical (unpaired) electrons. The second-order valence-electron chi connectivity index (χ2n) is 8.61. The molecule has 0 saturated heterocycles. The Morgan fingerprint density at radius 2 is 1.72 bits per heavy atom. The highest BCUT2D eigenvalue weighted by molar-refractivity contribution is 5.92. The number of hydrogen-bond donors (Lipinski definition) is 3. The average molecular weight is 487 g/mol. The second kappa shape index (κ2) is 11.5. The second-order valence-corrected chi connectivity index (χ2v) is 8.61. The molecule has 0 aliphatic heterocycles. The lowest BCUT2D eigenvalue weighted by molar-refractivity contribution is -0.119. The van der Waals surface area contributed by atoms with Crippen molar-refractivity contribution in [2.24, 2.45) is 0 Å². The number of urea groups is 1. The van der Waals surface area contributed by atoms with Gasteiger partial charge in [-0.15, -0.1) is 0 Å². The molecule has 1 heterocycles. The van der Waals surface area contributed by atoms with Crippen LogP contribution in [0, 0.1) is 0 Å². The minimum atomic E-state index is -0.226. The largest absolute Gasteiger partial charge is 0.375 e. The smallest absolute Gasteiger partial charge is 0.319 e. The summed E-state index contributed by atoms with van der Waals surface area (Å²) < 4.78 is 6.87. The zero-order valence-electron chi connectivity index (χ0n) is 20.6. The summed E-state index contributed by atoms with van der Waals surface area (Å²) >= 11 is 0. The molecule has 0 atom stereocenters. The molecule has 0 unspecified atom stereocenters. The van der Waals surface area contributed by atoms with Crippen molar-refractivity contribution in [3.05, 3.63) is 73.1 Å². The van der Waals surface area contributed by atoms with E-state index < -0.39 is 0 Å². The highest BCUT2D eigenvalue weighted by Gasteiger charge is 2.09. The van der Waals surface area contributed by atoms with Gasteiger partial charge in [0.05, 0.1) is 11.0 Å². The lowest BCUT2D eigenvalue weighted by Crippen LogP contribution is -2.34. The third kappa shape index (κ3) is 6.26. The summed E-state index contributed by atoms with van der Waals surface area (Å²) in [5.41, 5.74) is 6.13. The summed E-state index contributed by atoms with van der Waals surface area (Å²) in [6.07, 6.45) is 1.77. The van der Waals surface area contributed by atoms with Gasteiger partial charge in [0, 0.05) is 37.3 Å². The quantitative estimate of drug-likeness (QED) is 0.333. The van der Waals surface area contributed by atoms with Crippen LogP contribution in [-0.2, 0) is 9.53 Å². The van der Waals surface area contributed by atoms with E-state index in [-0.39, 0.29) is 18.5 Å². The van der Waals surface area contributed by atoms with Crippen molar-refractivity contribution in [1.82, 2.24) is 19.8 Å². The van der Waals surface area contributed by atoms with E-state index >= 15 is 0 Å². The highest BCUT2D eigenvalue weighted by atomic mass is 16.5. The average Bonchev–Trinajstić information content (AvgIpc) is 3.28. The number of anilines is 2. The van der Waals surface area contributed by atoms with Crippen LogP contribution in [0.3, 0.4) is 0 Å². The Balaban J connectivity index is 1.51. The van der Waals surface area contributed by atoms with Gasteiger partial charge < -0.3 is 25.6 Å². The molecule has 4 aromatic rings. The Hall–Kier alpha value is -4.21. The molecule has 0 spiro atoms. The van der Waals surface area contributed by atoms with Crippen LogP contribution in [0.5, 0.6) is 0 Å². The first-order valence-corrected chi connectivity index (χ1v) is 11.6. The van der Waals surface area contributed by atoms with Crippen molar-refractivity contribution in [3.63, 3.8) is 0 Å². The first-order chi connectivity index (χ1) is 17.4. The number of nitrogens with zero attached hydrogens (tertiary/aromatic N) is 3. The molecule has 3 aromatic carbocycles. The molecule has 0 bridgehead atoms. The highest BCUT2D eigenvalue weighted by Crippen LogP contribution is 2.27. The molecule has 4 rings (SSSR count). The molecule has 9 heteroatoms. The fourth-order valence-electron chi connectivity index (χ4n) is 3.77. The van der Waals surface area contributed by atoms with E-state index in [2.05, 4.69) is 27.0 Å². The monoisotopic (exact) mass is 486 g/mol. The minimum absolute atomic E-state index is 0.00295. The first kappa shape index (κ1) is 24.9. The third-order valence-electron chi connectivity index (χ3n) is 5.55. The Kier molecular flexibility index (Phi) is 7.94. The van der Waals surface area contributed by atoms with E-state index in [1.807, 2.05) is 84.2 Å². The van der Waals surface area contributed by atoms with Crippen molar-refractivity contribution >= 4 is 34.3 Å². The van der Waals surface area contributed by atoms with Gasteiger partial charge in [0.25, 0.3) is 0 Å². The van der Waals surface area contributed by atoms with Gasteiger partial charge in [0.2, 0.25) is 5.91 Å². The number of methoxy groups -OCH3 is 1. The van der Waals surface area contributed by atoms with Crippen LogP contribution in [-0.4, -0.2) is 67.3 Å². The molecule has 3 N–H and O–H groups in total. The van der Waals surface area contributed by atoms with Crippen LogP contribution >= 0.6 is 0 Å². The zero-order valence-corrected chi connectivity index (χ0v) is 20.6. The number of aromatic nitrogens is 2. The van der Waals surface area contributed by atoms with E-state index in [4.69, 9.17) is 4.74 Å². The Morgan fingerprint density at radius 3 is 2.47 bits per heavy atom. The van der Waals surface area contributed by atoms with Crippen LogP contribution < -0.4 is 16.0 Å². The number of ether oxygens (including phenoxy) is 1. The summed E-state index contributed by atoms with van der Waals surface area (Å²) in [7, 11) is 5.41. The Morgan fingerprint density at radius 1 is 0.944 bits per heavy atom. The summed E-state index contributed by atoms with van der Waals surface area (Å²) in [4.78, 5) is 30.5. The summed E-state index contributed by atoms with van der Waals surface area (Å²) in [5.74, 6) is -0.212. The number of fused-ring (bicyclic) bond motifs is 1. The Bertz CT molecular complexity index is 1350. The van der Waals surface area contributed by atoms with Crippen molar-refractivity contribution in [2.75, 3.05) is 51.5 Å². The molecule has 0 aliphatic rings. The number of benzene rings is 3. The number of carbonyl (C=O) groups excluding carboxylic acids is 2. The SMILES string of the molecule is COCC(=O)Nc1cccc(-n2cnc3ccc(-c4ccc(NC(=O)NCCN(C)C)cc4)cc32)c1. The number of rotatable bonds is 9. The lowest BCUT2D eigenvalue weighted by Gasteiger charge is -2.12. The molecule has 186 valence electrons. The van der Waals surface area contributed by atoms with Gasteiger partial charge in [-0.25, -0.2) is 9.78 Å². The molecular weight excluding hydrogens is 456 g/mol. The van der Waals surface area contributed by atoms with E-state index in [9.17, 15) is 9.59 Å². The van der Waals surface area contributed by atoms with E-state index in [0.29, 0.717) is 12.2 Å². The predicted octanol–water partition coefficient (Wildman–Crippen LogP) is 3.96. The molecular formula is C27H30N6O3. The molecule has 9 nitrogen and oxygen atoms in total. The summed E-state index contributed by atoms with van der Waals surface area (Å²) in [6, 6.07) is 21.2. The van der Waals surface area contributed by atoms with Gasteiger partial charge in [-0.2, -0.15) is 0 Å². The molecule has 3 amide bonds. The van der Waals surface area contributed by atoms with Crippen LogP contribution in [0.15, 0.2) is 73.1 Å². The van der Waals surface area contributed by atoms with E-state index in [1.54, 1.807) is 6.33 Å². The van der Waals surface area contributed by atoms with Crippen molar-refractivity contribution in [3.8, 4) is 16.8 Å². The maximum Gasteiger partial charge on any atom is 0.319 e. The molecule has 0 aliphatic carbocycles. The van der Waals surface area contributed by atoms with Crippen LogP contribution in [0.4, 0.5) is 16.2 Å². The topological polar surface area (TPSA) is 101 Å². The lowest BCUT2D eigenvalue weighted by atomic mass is 10.0. The number of amides is 3. The van der Waals surface area contributed by atoms with Crippen LogP contribution in [0.1, 0.15) is 0 Å². The van der Waals surface area contributed by atoms with Crippen molar-refractivity contribution in [2.45, 2.75) is 0 Å². The van der Waals surface area contributed by atoms with Gasteiger partial charge in [-0.05, 0) is 67.7 Å². The Labute approximate surface area is 210 Å². The normalized spacial score (nSPS) is 11.0. The zero-order chi connectivity index (χ0) is 25.5. The maximum atomic E-state index is 12.1. The van der Waals surface area contributed by atoms with E-state index in [0.717, 1.165) is 40.1 Å². The number of likely N-dealkylation sites (N-methyl/N-ethyl adjacent to an activating group) is 1. The fraction of sp³-hybridized carbons (Fsp3) is 0.222. The van der Waals surface area contributed by atoms with Gasteiger partial charge >= 0.3 is 6.03 Å². The van der Waals surface area contributed by atoms with Crippen molar-refractivity contribution in [1.29, 1.82) is 0 Å². The molecule has 36 heavy (non-hydrogen) atoms.